The van der Waals surface area contributed by atoms with E-state index in [9.17, 15) is 10.1 Å². The first kappa shape index (κ1) is 16.7. The van der Waals surface area contributed by atoms with Gasteiger partial charge in [-0.25, -0.2) is 14.9 Å². The Kier molecular flexibility index (Phi) is 7.00. The van der Waals surface area contributed by atoms with Gasteiger partial charge in [-0.1, -0.05) is 49.6 Å². The van der Waals surface area contributed by atoms with Crippen LogP contribution in [-0.2, 0) is 6.54 Å². The second kappa shape index (κ2) is 8.78. The lowest BCUT2D eigenvalue weighted by Crippen LogP contribution is -2.40. The highest BCUT2D eigenvalue weighted by atomic mass is 16.7. The van der Waals surface area contributed by atoms with Crippen LogP contribution in [0, 0.1) is 10.1 Å². The smallest absolute Gasteiger partial charge is 0.402 e. The minimum atomic E-state index is -1.33. The Morgan fingerprint density at radius 3 is 2.29 bits per heavy atom. The lowest BCUT2D eigenvalue weighted by molar-refractivity contribution is -0.669. The number of carbonyl (C=O) groups is 1. The summed E-state index contributed by atoms with van der Waals surface area (Å²) >= 11 is 0. The molecule has 0 unspecified atom stereocenters. The summed E-state index contributed by atoms with van der Waals surface area (Å²) < 4.78 is 0. The second-order valence-corrected chi connectivity index (χ2v) is 4.95. The number of rotatable bonds is 4. The van der Waals surface area contributed by atoms with Crippen molar-refractivity contribution in [3.8, 4) is 0 Å². The molecule has 0 atom stereocenters. The lowest BCUT2D eigenvalue weighted by Gasteiger charge is -2.27. The third kappa shape index (κ3) is 6.60. The van der Waals surface area contributed by atoms with E-state index >= 15 is 0 Å². The number of benzene rings is 1. The topological polar surface area (TPSA) is 110 Å². The van der Waals surface area contributed by atoms with E-state index in [1.165, 1.54) is 11.4 Å². The third-order valence-corrected chi connectivity index (χ3v) is 3.39. The SMILES string of the molecule is NC(=O)O.O=[N+]([O-])N(Cc1ccccc1)C1CCCCC1. The molecule has 0 heterocycles. The largest absolute Gasteiger partial charge is 0.465 e. The first-order valence-corrected chi connectivity index (χ1v) is 6.94. The standard InChI is InChI=1S/C13H18N2O2.CH3NO2/c16-15(17)14(13-9-5-2-6-10-13)11-12-7-3-1-4-8-12;2-1(3)4/h1,3-4,7-8,13H,2,5-6,9-11H2;2H2,(H,3,4). The molecule has 1 aromatic carbocycles. The van der Waals surface area contributed by atoms with Crippen LogP contribution in [0.3, 0.4) is 0 Å². The molecule has 0 aliphatic heterocycles. The molecule has 1 aliphatic carbocycles. The molecule has 21 heavy (non-hydrogen) atoms. The third-order valence-electron chi connectivity index (χ3n) is 3.39. The predicted octanol–water partition coefficient (Wildman–Crippen LogP) is 2.64. The maximum atomic E-state index is 11.1. The Hall–Kier alpha value is -2.31. The number of hydrazine groups is 1. The van der Waals surface area contributed by atoms with Crippen LogP contribution in [0.15, 0.2) is 30.3 Å². The molecular weight excluding hydrogens is 274 g/mol. The fraction of sp³-hybridized carbons (Fsp3) is 0.500. The molecule has 7 heteroatoms. The number of nitrogens with two attached hydrogens (primary N) is 1. The molecule has 7 nitrogen and oxygen atoms in total. The summed E-state index contributed by atoms with van der Waals surface area (Å²) in [6, 6.07) is 9.78. The molecule has 3 N–H and O–H groups in total. The zero-order chi connectivity index (χ0) is 15.7. The molecule has 1 aromatic rings. The van der Waals surface area contributed by atoms with Gasteiger partial charge in [0.15, 0.2) is 5.03 Å². The number of nitro groups is 1. The number of hydrogen-bond donors (Lipinski definition) is 2. The Bertz CT molecular complexity index is 443. The number of amides is 1. The van der Waals surface area contributed by atoms with Crippen molar-refractivity contribution in [2.45, 2.75) is 44.7 Å². The van der Waals surface area contributed by atoms with Crippen LogP contribution >= 0.6 is 0 Å². The van der Waals surface area contributed by atoms with Gasteiger partial charge in [0.05, 0.1) is 6.04 Å². The highest BCUT2D eigenvalue weighted by molar-refractivity contribution is 5.61. The molecule has 1 fully saturated rings. The summed E-state index contributed by atoms with van der Waals surface area (Å²) in [5.41, 5.74) is 5.04. The fourth-order valence-corrected chi connectivity index (χ4v) is 2.47. The predicted molar refractivity (Wildman–Crippen MR) is 78.1 cm³/mol. The van der Waals surface area contributed by atoms with Gasteiger partial charge in [-0.3, -0.25) is 0 Å². The molecule has 0 radical (unpaired) electrons. The lowest BCUT2D eigenvalue weighted by atomic mass is 9.95. The van der Waals surface area contributed by atoms with E-state index in [0.29, 0.717) is 6.54 Å². The summed E-state index contributed by atoms with van der Waals surface area (Å²) in [6.07, 6.45) is 4.02. The molecule has 0 saturated heterocycles. The van der Waals surface area contributed by atoms with Gasteiger partial charge in [0.2, 0.25) is 0 Å². The zero-order valence-electron chi connectivity index (χ0n) is 11.9. The highest BCUT2D eigenvalue weighted by Crippen LogP contribution is 2.23. The summed E-state index contributed by atoms with van der Waals surface area (Å²) in [5, 5.41) is 19.5. The fourth-order valence-electron chi connectivity index (χ4n) is 2.47. The summed E-state index contributed by atoms with van der Waals surface area (Å²) in [4.78, 5) is 19.9. The van der Waals surface area contributed by atoms with Gasteiger partial charge < -0.3 is 10.8 Å². The van der Waals surface area contributed by atoms with Crippen LogP contribution in [0.2, 0.25) is 0 Å². The van der Waals surface area contributed by atoms with Crippen LogP contribution < -0.4 is 5.73 Å². The molecule has 1 aliphatic rings. The van der Waals surface area contributed by atoms with Crippen LogP contribution in [0.5, 0.6) is 0 Å². The van der Waals surface area contributed by atoms with Gasteiger partial charge in [-0.05, 0) is 18.4 Å². The van der Waals surface area contributed by atoms with Crippen LogP contribution in [-0.4, -0.2) is 27.3 Å². The second-order valence-electron chi connectivity index (χ2n) is 4.95. The minimum absolute atomic E-state index is 0.110. The van der Waals surface area contributed by atoms with Crippen molar-refractivity contribution in [2.75, 3.05) is 0 Å². The Morgan fingerprint density at radius 1 is 1.29 bits per heavy atom. The molecule has 2 rings (SSSR count). The van der Waals surface area contributed by atoms with Crippen molar-refractivity contribution in [3.05, 3.63) is 46.0 Å². The summed E-state index contributed by atoms with van der Waals surface area (Å²) in [5.74, 6) is 0. The first-order valence-electron chi connectivity index (χ1n) is 6.94. The Labute approximate surface area is 123 Å². The average Bonchev–Trinajstić information content (AvgIpc) is 2.46. The molecule has 1 amide bonds. The maximum absolute atomic E-state index is 11.1. The van der Waals surface area contributed by atoms with Crippen molar-refractivity contribution in [3.63, 3.8) is 0 Å². The van der Waals surface area contributed by atoms with Crippen LogP contribution in [0.4, 0.5) is 4.79 Å². The van der Waals surface area contributed by atoms with Crippen LogP contribution in [0.1, 0.15) is 37.7 Å². The zero-order valence-corrected chi connectivity index (χ0v) is 11.9. The van der Waals surface area contributed by atoms with Crippen molar-refractivity contribution < 1.29 is 14.9 Å². The van der Waals surface area contributed by atoms with E-state index in [1.54, 1.807) is 0 Å². The summed E-state index contributed by atoms with van der Waals surface area (Å²) in [6.45, 7) is 0.415. The Morgan fingerprint density at radius 2 is 1.81 bits per heavy atom. The minimum Gasteiger partial charge on any atom is -0.465 e. The van der Waals surface area contributed by atoms with Gasteiger partial charge >= 0.3 is 6.09 Å². The van der Waals surface area contributed by atoms with Crippen molar-refractivity contribution in [2.24, 2.45) is 5.73 Å². The normalized spacial score (nSPS) is 14.7. The molecule has 116 valence electrons. The monoisotopic (exact) mass is 295 g/mol. The first-order chi connectivity index (χ1) is 10.0. The van der Waals surface area contributed by atoms with Crippen LogP contribution in [0.25, 0.3) is 0 Å². The van der Waals surface area contributed by atoms with E-state index < -0.39 is 6.09 Å². The molecule has 1 saturated carbocycles. The van der Waals surface area contributed by atoms with Gasteiger partial charge in [0.1, 0.15) is 6.54 Å². The van der Waals surface area contributed by atoms with Crippen molar-refractivity contribution >= 4 is 6.09 Å². The number of carboxylic acid groups (broad SMARTS) is 1. The average molecular weight is 295 g/mol. The van der Waals surface area contributed by atoms with E-state index in [-0.39, 0.29) is 11.1 Å². The number of hydrogen-bond acceptors (Lipinski definition) is 3. The van der Waals surface area contributed by atoms with Gasteiger partial charge in [-0.15, -0.1) is 5.01 Å². The molecule has 0 aromatic heterocycles. The maximum Gasteiger partial charge on any atom is 0.402 e. The van der Waals surface area contributed by atoms with E-state index in [2.05, 4.69) is 5.73 Å². The van der Waals surface area contributed by atoms with Gasteiger partial charge in [0, 0.05) is 0 Å². The Balaban J connectivity index is 0.000000491. The van der Waals surface area contributed by atoms with Crippen molar-refractivity contribution in [1.29, 1.82) is 0 Å². The van der Waals surface area contributed by atoms with Gasteiger partial charge in [0.25, 0.3) is 0 Å². The summed E-state index contributed by atoms with van der Waals surface area (Å²) in [7, 11) is 0. The highest BCUT2D eigenvalue weighted by Gasteiger charge is 2.27. The number of primary amides is 1. The molecule has 0 bridgehead atoms. The quantitative estimate of drug-likeness (QED) is 0.655. The van der Waals surface area contributed by atoms with E-state index in [4.69, 9.17) is 9.90 Å². The van der Waals surface area contributed by atoms with Crippen molar-refractivity contribution in [1.82, 2.24) is 5.01 Å². The van der Waals surface area contributed by atoms with Gasteiger partial charge in [-0.2, -0.15) is 0 Å². The molecule has 0 spiro atoms. The molecular formula is C14H21N3O4. The van der Waals surface area contributed by atoms with E-state index in [0.717, 1.165) is 31.2 Å². The number of nitrogens with zero attached hydrogens (tertiary/aromatic N) is 2. The van der Waals surface area contributed by atoms with E-state index in [1.807, 2.05) is 30.3 Å².